The number of ketones is 1. The van der Waals surface area contributed by atoms with Crippen molar-refractivity contribution in [3.63, 3.8) is 0 Å². The largest absolute Gasteiger partial charge is 0.497 e. The summed E-state index contributed by atoms with van der Waals surface area (Å²) in [6, 6.07) is 10.6. The summed E-state index contributed by atoms with van der Waals surface area (Å²) in [5.41, 5.74) is 1.92. The highest BCUT2D eigenvalue weighted by molar-refractivity contribution is 6.11. The smallest absolute Gasteiger partial charge is 0.196 e. The normalized spacial score (nSPS) is 10.7. The first kappa shape index (κ1) is 17.6. The van der Waals surface area contributed by atoms with Crippen LogP contribution in [-0.2, 0) is 0 Å². The van der Waals surface area contributed by atoms with Crippen molar-refractivity contribution in [3.8, 4) is 17.2 Å². The Morgan fingerprint density at radius 3 is 2.25 bits per heavy atom. The Bertz CT molecular complexity index is 730. The second kappa shape index (κ2) is 8.20. The summed E-state index contributed by atoms with van der Waals surface area (Å²) in [5, 5.41) is 0. The first-order valence-corrected chi connectivity index (χ1v) is 7.81. The summed E-state index contributed by atoms with van der Waals surface area (Å²) >= 11 is 0. The van der Waals surface area contributed by atoms with Crippen molar-refractivity contribution in [3.05, 3.63) is 59.2 Å². The van der Waals surface area contributed by atoms with Gasteiger partial charge in [-0.15, -0.1) is 0 Å². The van der Waals surface area contributed by atoms with E-state index in [1.165, 1.54) is 0 Å². The molecule has 0 amide bonds. The summed E-state index contributed by atoms with van der Waals surface area (Å²) < 4.78 is 16.4. The van der Waals surface area contributed by atoms with Crippen molar-refractivity contribution in [1.29, 1.82) is 0 Å². The number of allylic oxidation sites excluding steroid dienone is 1. The van der Waals surface area contributed by atoms with E-state index in [0.717, 1.165) is 5.56 Å². The maximum Gasteiger partial charge on any atom is 0.196 e. The minimum absolute atomic E-state index is 0.119. The van der Waals surface area contributed by atoms with Gasteiger partial charge in [0.25, 0.3) is 0 Å². The lowest BCUT2D eigenvalue weighted by atomic mass is 9.99. The summed E-state index contributed by atoms with van der Waals surface area (Å²) in [5.74, 6) is 1.62. The van der Waals surface area contributed by atoms with Gasteiger partial charge in [0, 0.05) is 11.1 Å². The third-order valence-electron chi connectivity index (χ3n) is 3.58. The number of methoxy groups -OCH3 is 2. The Hall–Kier alpha value is -2.75. The van der Waals surface area contributed by atoms with Crippen LogP contribution in [0.3, 0.4) is 0 Å². The number of benzene rings is 2. The molecule has 2 aromatic carbocycles. The molecule has 2 aromatic rings. The van der Waals surface area contributed by atoms with E-state index < -0.39 is 0 Å². The van der Waals surface area contributed by atoms with E-state index in [9.17, 15) is 4.79 Å². The van der Waals surface area contributed by atoms with Crippen molar-refractivity contribution in [2.45, 2.75) is 13.8 Å². The fourth-order valence-corrected chi connectivity index (χ4v) is 2.46. The zero-order valence-corrected chi connectivity index (χ0v) is 14.5. The molecular weight excluding hydrogens is 304 g/mol. The van der Waals surface area contributed by atoms with Crippen molar-refractivity contribution in [2.75, 3.05) is 20.8 Å². The van der Waals surface area contributed by atoms with Crippen LogP contribution in [0.5, 0.6) is 17.2 Å². The molecule has 0 saturated heterocycles. The minimum Gasteiger partial charge on any atom is -0.497 e. The van der Waals surface area contributed by atoms with Crippen LogP contribution in [0.15, 0.2) is 42.5 Å². The van der Waals surface area contributed by atoms with Gasteiger partial charge < -0.3 is 14.2 Å². The monoisotopic (exact) mass is 326 g/mol. The Labute approximate surface area is 142 Å². The molecule has 0 aliphatic rings. The molecule has 0 aliphatic carbocycles. The Kier molecular flexibility index (Phi) is 6.01. The summed E-state index contributed by atoms with van der Waals surface area (Å²) in [7, 11) is 3.17. The molecule has 0 atom stereocenters. The fourth-order valence-electron chi connectivity index (χ4n) is 2.46. The molecule has 0 aliphatic heterocycles. The van der Waals surface area contributed by atoms with Crippen molar-refractivity contribution < 1.29 is 19.0 Å². The maximum absolute atomic E-state index is 12.9. The Morgan fingerprint density at radius 1 is 1.00 bits per heavy atom. The van der Waals surface area contributed by atoms with E-state index in [4.69, 9.17) is 14.2 Å². The molecule has 0 bridgehead atoms. The molecule has 4 heteroatoms. The quantitative estimate of drug-likeness (QED) is 0.709. The molecule has 0 fully saturated rings. The zero-order chi connectivity index (χ0) is 17.5. The molecule has 0 saturated carbocycles. The fraction of sp³-hybridized carbons (Fsp3) is 0.250. The van der Waals surface area contributed by atoms with Gasteiger partial charge in [0.1, 0.15) is 5.75 Å². The number of hydrogen-bond donors (Lipinski definition) is 0. The molecule has 0 N–H and O–H groups in total. The molecule has 126 valence electrons. The standard InChI is InChI=1S/C20H22O4/c1-5-7-15-10-13-17(20(24-6-2)19(15)23-4)18(21)14-8-11-16(22-3)12-9-14/h5,7-13H,6H2,1-4H3. The van der Waals surface area contributed by atoms with Gasteiger partial charge in [-0.25, -0.2) is 0 Å². The van der Waals surface area contributed by atoms with Gasteiger partial charge in [0.15, 0.2) is 17.3 Å². The maximum atomic E-state index is 12.9. The zero-order valence-electron chi connectivity index (χ0n) is 14.5. The van der Waals surface area contributed by atoms with Gasteiger partial charge in [0.2, 0.25) is 0 Å². The van der Waals surface area contributed by atoms with Crippen LogP contribution in [0.1, 0.15) is 35.3 Å². The summed E-state index contributed by atoms with van der Waals surface area (Å²) in [4.78, 5) is 12.9. The van der Waals surface area contributed by atoms with E-state index in [2.05, 4.69) is 0 Å². The van der Waals surface area contributed by atoms with Crippen LogP contribution >= 0.6 is 0 Å². The van der Waals surface area contributed by atoms with Gasteiger partial charge >= 0.3 is 0 Å². The van der Waals surface area contributed by atoms with Crippen LogP contribution < -0.4 is 14.2 Å². The van der Waals surface area contributed by atoms with Crippen LogP contribution in [0.2, 0.25) is 0 Å². The van der Waals surface area contributed by atoms with Crippen LogP contribution in [-0.4, -0.2) is 26.6 Å². The first-order valence-electron chi connectivity index (χ1n) is 7.81. The highest BCUT2D eigenvalue weighted by Crippen LogP contribution is 2.37. The van der Waals surface area contributed by atoms with E-state index >= 15 is 0 Å². The molecule has 0 radical (unpaired) electrons. The van der Waals surface area contributed by atoms with Gasteiger partial charge in [-0.2, -0.15) is 0 Å². The van der Waals surface area contributed by atoms with Crippen molar-refractivity contribution >= 4 is 11.9 Å². The number of carbonyl (C=O) groups excluding carboxylic acids is 1. The summed E-state index contributed by atoms with van der Waals surface area (Å²) in [6.45, 7) is 4.25. The van der Waals surface area contributed by atoms with Gasteiger partial charge in [-0.1, -0.05) is 18.2 Å². The molecular formula is C20H22O4. The lowest BCUT2D eigenvalue weighted by molar-refractivity contribution is 0.103. The number of hydrogen-bond acceptors (Lipinski definition) is 4. The van der Waals surface area contributed by atoms with Gasteiger partial charge in [0.05, 0.1) is 26.4 Å². The lowest BCUT2D eigenvalue weighted by Gasteiger charge is -2.16. The molecule has 0 heterocycles. The lowest BCUT2D eigenvalue weighted by Crippen LogP contribution is -2.07. The predicted octanol–water partition coefficient (Wildman–Crippen LogP) is 4.37. The van der Waals surface area contributed by atoms with E-state index in [1.54, 1.807) is 44.6 Å². The van der Waals surface area contributed by atoms with Crippen molar-refractivity contribution in [1.82, 2.24) is 0 Å². The van der Waals surface area contributed by atoms with Crippen LogP contribution in [0.4, 0.5) is 0 Å². The topological polar surface area (TPSA) is 44.8 Å². The Morgan fingerprint density at radius 2 is 1.71 bits per heavy atom. The van der Waals surface area contributed by atoms with E-state index in [-0.39, 0.29) is 5.78 Å². The number of rotatable bonds is 7. The minimum atomic E-state index is -0.119. The SMILES string of the molecule is CC=Cc1ccc(C(=O)c2ccc(OC)cc2)c(OCC)c1OC. The van der Waals surface area contributed by atoms with Gasteiger partial charge in [-0.05, 0) is 44.2 Å². The highest BCUT2D eigenvalue weighted by atomic mass is 16.5. The predicted molar refractivity (Wildman–Crippen MR) is 95.3 cm³/mol. The summed E-state index contributed by atoms with van der Waals surface area (Å²) in [6.07, 6.45) is 3.83. The first-order chi connectivity index (χ1) is 11.7. The number of carbonyl (C=O) groups is 1. The average molecular weight is 326 g/mol. The molecule has 24 heavy (non-hydrogen) atoms. The van der Waals surface area contributed by atoms with E-state index in [0.29, 0.717) is 35.0 Å². The van der Waals surface area contributed by atoms with E-state index in [1.807, 2.05) is 32.1 Å². The molecule has 2 rings (SSSR count). The molecule has 4 nitrogen and oxygen atoms in total. The van der Waals surface area contributed by atoms with Crippen LogP contribution in [0.25, 0.3) is 6.08 Å². The molecule has 0 aromatic heterocycles. The molecule has 0 unspecified atom stereocenters. The number of ether oxygens (including phenoxy) is 3. The third kappa shape index (κ3) is 3.59. The second-order valence-corrected chi connectivity index (χ2v) is 5.06. The second-order valence-electron chi connectivity index (χ2n) is 5.06. The average Bonchev–Trinajstić information content (AvgIpc) is 2.62. The molecule has 0 spiro atoms. The third-order valence-corrected chi connectivity index (χ3v) is 3.58. The van der Waals surface area contributed by atoms with Crippen molar-refractivity contribution in [2.24, 2.45) is 0 Å². The highest BCUT2D eigenvalue weighted by Gasteiger charge is 2.20. The Balaban J connectivity index is 2.52. The van der Waals surface area contributed by atoms with Crippen LogP contribution in [0, 0.1) is 0 Å². The van der Waals surface area contributed by atoms with Gasteiger partial charge in [-0.3, -0.25) is 4.79 Å².